The summed E-state index contributed by atoms with van der Waals surface area (Å²) in [7, 11) is 1.73. The summed E-state index contributed by atoms with van der Waals surface area (Å²) < 4.78 is 7.16. The van der Waals surface area contributed by atoms with Crippen molar-refractivity contribution in [1.29, 1.82) is 0 Å². The monoisotopic (exact) mass is 253 g/mol. The lowest BCUT2D eigenvalue weighted by Gasteiger charge is -2.21. The lowest BCUT2D eigenvalue weighted by Crippen LogP contribution is -2.35. The maximum absolute atomic E-state index is 5.05. The minimum atomic E-state index is 0.487. The molecule has 0 saturated heterocycles. The van der Waals surface area contributed by atoms with E-state index in [2.05, 4.69) is 48.9 Å². The van der Waals surface area contributed by atoms with Gasteiger partial charge in [-0.15, -0.1) is 0 Å². The first-order chi connectivity index (χ1) is 8.58. The largest absolute Gasteiger partial charge is 0.383 e. The Kier molecular flexibility index (Phi) is 6.36. The van der Waals surface area contributed by atoms with Gasteiger partial charge in [0.1, 0.15) is 0 Å². The smallest absolute Gasteiger partial charge is 0.0596 e. The molecule has 1 aromatic rings. The Hall–Kier alpha value is -0.870. The topological polar surface area (TPSA) is 39.1 Å². The van der Waals surface area contributed by atoms with Crippen LogP contribution < -0.4 is 5.32 Å². The lowest BCUT2D eigenvalue weighted by molar-refractivity contribution is 0.192. The number of aryl methyl sites for hydroxylation is 2. The molecule has 0 aliphatic heterocycles. The zero-order valence-electron chi connectivity index (χ0n) is 12.4. The average molecular weight is 253 g/mol. The van der Waals surface area contributed by atoms with Gasteiger partial charge in [0.2, 0.25) is 0 Å². The molecule has 18 heavy (non-hydrogen) atoms. The second kappa shape index (κ2) is 7.54. The minimum absolute atomic E-state index is 0.487. The van der Waals surface area contributed by atoms with E-state index in [1.807, 2.05) is 0 Å². The fourth-order valence-corrected chi connectivity index (χ4v) is 2.13. The van der Waals surface area contributed by atoms with Crippen molar-refractivity contribution in [1.82, 2.24) is 15.1 Å². The number of nitrogens with zero attached hydrogens (tertiary/aromatic N) is 2. The second-order valence-electron chi connectivity index (χ2n) is 5.01. The van der Waals surface area contributed by atoms with E-state index in [4.69, 9.17) is 4.74 Å². The van der Waals surface area contributed by atoms with E-state index in [9.17, 15) is 0 Å². The summed E-state index contributed by atoms with van der Waals surface area (Å²) in [5.74, 6) is 0.586. The van der Waals surface area contributed by atoms with Crippen molar-refractivity contribution in [3.05, 3.63) is 17.5 Å². The number of hydrogen-bond acceptors (Lipinski definition) is 3. The van der Waals surface area contributed by atoms with E-state index in [1.54, 1.807) is 7.11 Å². The molecule has 0 aliphatic carbocycles. The van der Waals surface area contributed by atoms with Gasteiger partial charge in [0.15, 0.2) is 0 Å². The van der Waals surface area contributed by atoms with Gasteiger partial charge in [0, 0.05) is 31.9 Å². The third-order valence-corrected chi connectivity index (χ3v) is 3.44. The normalized spacial score (nSPS) is 14.7. The summed E-state index contributed by atoms with van der Waals surface area (Å²) >= 11 is 0. The number of nitrogens with one attached hydrogen (secondary N) is 1. The van der Waals surface area contributed by atoms with Gasteiger partial charge >= 0.3 is 0 Å². The quantitative estimate of drug-likeness (QED) is 0.720. The van der Waals surface area contributed by atoms with Crippen molar-refractivity contribution in [2.24, 2.45) is 5.92 Å². The van der Waals surface area contributed by atoms with Crippen LogP contribution in [0.4, 0.5) is 0 Å². The lowest BCUT2D eigenvalue weighted by atomic mass is 9.97. The second-order valence-corrected chi connectivity index (χ2v) is 5.01. The van der Waals surface area contributed by atoms with Crippen LogP contribution in [-0.2, 0) is 17.7 Å². The van der Waals surface area contributed by atoms with Crippen molar-refractivity contribution in [2.45, 2.75) is 46.7 Å². The van der Waals surface area contributed by atoms with Gasteiger partial charge in [-0.2, -0.15) is 5.10 Å². The Bertz CT molecular complexity index is 349. The number of methoxy groups -OCH3 is 1. The molecule has 4 heteroatoms. The molecule has 0 spiro atoms. The van der Waals surface area contributed by atoms with E-state index in [0.29, 0.717) is 12.0 Å². The summed E-state index contributed by atoms with van der Waals surface area (Å²) in [4.78, 5) is 0. The SMILES string of the molecule is CCn1nc(C)cc1CC(C)C(C)NCCOC. The first-order valence-corrected chi connectivity index (χ1v) is 6.84. The van der Waals surface area contributed by atoms with E-state index in [-0.39, 0.29) is 0 Å². The molecule has 0 bridgehead atoms. The highest BCUT2D eigenvalue weighted by atomic mass is 16.5. The minimum Gasteiger partial charge on any atom is -0.383 e. The molecule has 0 aliphatic rings. The van der Waals surface area contributed by atoms with Crippen molar-refractivity contribution in [2.75, 3.05) is 20.3 Å². The number of hydrogen-bond donors (Lipinski definition) is 1. The third kappa shape index (κ3) is 4.42. The molecule has 0 saturated carbocycles. The fraction of sp³-hybridized carbons (Fsp3) is 0.786. The van der Waals surface area contributed by atoms with Crippen molar-refractivity contribution >= 4 is 0 Å². The van der Waals surface area contributed by atoms with Crippen LogP contribution in [0.25, 0.3) is 0 Å². The van der Waals surface area contributed by atoms with E-state index < -0.39 is 0 Å². The molecule has 1 rings (SSSR count). The highest BCUT2D eigenvalue weighted by Gasteiger charge is 2.15. The highest BCUT2D eigenvalue weighted by molar-refractivity contribution is 5.10. The molecule has 0 aromatic carbocycles. The predicted molar refractivity (Wildman–Crippen MR) is 74.8 cm³/mol. The van der Waals surface area contributed by atoms with Gasteiger partial charge in [-0.3, -0.25) is 4.68 Å². The van der Waals surface area contributed by atoms with Gasteiger partial charge in [-0.1, -0.05) is 6.92 Å². The molecule has 0 amide bonds. The van der Waals surface area contributed by atoms with Gasteiger partial charge in [0.25, 0.3) is 0 Å². The molecule has 2 unspecified atom stereocenters. The zero-order valence-corrected chi connectivity index (χ0v) is 12.4. The maximum Gasteiger partial charge on any atom is 0.0596 e. The van der Waals surface area contributed by atoms with Crippen LogP contribution in [0.2, 0.25) is 0 Å². The molecule has 2 atom stereocenters. The van der Waals surface area contributed by atoms with Gasteiger partial charge in [-0.25, -0.2) is 0 Å². The molecule has 0 radical (unpaired) electrons. The summed E-state index contributed by atoms with van der Waals surface area (Å²) in [6, 6.07) is 2.68. The summed E-state index contributed by atoms with van der Waals surface area (Å²) in [5.41, 5.74) is 2.45. The van der Waals surface area contributed by atoms with Crippen molar-refractivity contribution < 1.29 is 4.74 Å². The standard InChI is InChI=1S/C14H27N3O/c1-6-17-14(10-12(3)16-17)9-11(2)13(4)15-7-8-18-5/h10-11,13,15H,6-9H2,1-5H3. The predicted octanol–water partition coefficient (Wildman–Crippen LogP) is 2.01. The first-order valence-electron chi connectivity index (χ1n) is 6.84. The van der Waals surface area contributed by atoms with Crippen molar-refractivity contribution in [3.8, 4) is 0 Å². The molecule has 1 N–H and O–H groups in total. The third-order valence-electron chi connectivity index (χ3n) is 3.44. The van der Waals surface area contributed by atoms with Gasteiger partial charge < -0.3 is 10.1 Å². The molecule has 1 heterocycles. The Morgan fingerprint density at radius 3 is 2.78 bits per heavy atom. The van der Waals surface area contributed by atoms with Crippen LogP contribution in [0.5, 0.6) is 0 Å². The van der Waals surface area contributed by atoms with Crippen LogP contribution in [0, 0.1) is 12.8 Å². The van der Waals surface area contributed by atoms with Crippen LogP contribution in [0.15, 0.2) is 6.07 Å². The number of aromatic nitrogens is 2. The van der Waals surface area contributed by atoms with Gasteiger partial charge in [0.05, 0.1) is 12.3 Å². The van der Waals surface area contributed by atoms with Crippen molar-refractivity contribution in [3.63, 3.8) is 0 Å². The Labute approximate surface area is 111 Å². The maximum atomic E-state index is 5.05. The van der Waals surface area contributed by atoms with Crippen LogP contribution in [-0.4, -0.2) is 36.1 Å². The molecular formula is C14H27N3O. The summed E-state index contributed by atoms with van der Waals surface area (Å²) in [5, 5.41) is 7.99. The molecular weight excluding hydrogens is 226 g/mol. The first kappa shape index (κ1) is 15.2. The number of ether oxygens (including phenoxy) is 1. The van der Waals surface area contributed by atoms with Crippen LogP contribution >= 0.6 is 0 Å². The Balaban J connectivity index is 2.49. The number of rotatable bonds is 8. The molecule has 4 nitrogen and oxygen atoms in total. The van der Waals surface area contributed by atoms with E-state index >= 15 is 0 Å². The Morgan fingerprint density at radius 1 is 1.44 bits per heavy atom. The molecule has 0 fully saturated rings. The van der Waals surface area contributed by atoms with Crippen LogP contribution in [0.1, 0.15) is 32.2 Å². The molecule has 104 valence electrons. The summed E-state index contributed by atoms with van der Waals surface area (Å²) in [6.07, 6.45) is 1.07. The average Bonchev–Trinajstić information content (AvgIpc) is 2.69. The zero-order chi connectivity index (χ0) is 13.5. The van der Waals surface area contributed by atoms with E-state index in [0.717, 1.165) is 31.8 Å². The van der Waals surface area contributed by atoms with E-state index in [1.165, 1.54) is 5.69 Å². The fourth-order valence-electron chi connectivity index (χ4n) is 2.13. The summed E-state index contributed by atoms with van der Waals surface area (Å²) in [6.45, 7) is 11.3. The highest BCUT2D eigenvalue weighted by Crippen LogP contribution is 2.13. The molecule has 1 aromatic heterocycles. The Morgan fingerprint density at radius 2 is 2.17 bits per heavy atom. The van der Waals surface area contributed by atoms with Gasteiger partial charge in [-0.05, 0) is 39.2 Å². The van der Waals surface area contributed by atoms with Crippen LogP contribution in [0.3, 0.4) is 0 Å².